The summed E-state index contributed by atoms with van der Waals surface area (Å²) in [7, 11) is 0. The van der Waals surface area contributed by atoms with E-state index in [1.807, 2.05) is 11.8 Å². The van der Waals surface area contributed by atoms with E-state index in [-0.39, 0.29) is 23.8 Å². The van der Waals surface area contributed by atoms with Crippen molar-refractivity contribution in [2.75, 3.05) is 13.1 Å². The van der Waals surface area contributed by atoms with Crippen molar-refractivity contribution < 1.29 is 9.59 Å². The van der Waals surface area contributed by atoms with Crippen LogP contribution in [0, 0.1) is 11.8 Å². The number of rotatable bonds is 5. The van der Waals surface area contributed by atoms with Gasteiger partial charge < -0.3 is 10.2 Å². The fourth-order valence-electron chi connectivity index (χ4n) is 2.00. The SMILES string of the molecule is CCC(C)N1CC(C(=O)NCC(C)C)CC1=O. The number of carbonyl (C=O) groups is 2. The Bertz CT molecular complexity index is 289. The van der Waals surface area contributed by atoms with Gasteiger partial charge in [-0.1, -0.05) is 20.8 Å². The average Bonchev–Trinajstić information content (AvgIpc) is 2.67. The Morgan fingerprint density at radius 3 is 2.65 bits per heavy atom. The van der Waals surface area contributed by atoms with E-state index >= 15 is 0 Å². The number of nitrogens with zero attached hydrogens (tertiary/aromatic N) is 1. The van der Waals surface area contributed by atoms with Crippen LogP contribution in [-0.4, -0.2) is 35.8 Å². The topological polar surface area (TPSA) is 49.4 Å². The van der Waals surface area contributed by atoms with Crippen molar-refractivity contribution in [1.29, 1.82) is 0 Å². The summed E-state index contributed by atoms with van der Waals surface area (Å²) in [5, 5.41) is 2.90. The van der Waals surface area contributed by atoms with Crippen LogP contribution in [0.4, 0.5) is 0 Å². The van der Waals surface area contributed by atoms with E-state index < -0.39 is 0 Å². The Morgan fingerprint density at radius 1 is 1.47 bits per heavy atom. The van der Waals surface area contributed by atoms with E-state index in [1.54, 1.807) is 0 Å². The molecule has 0 aromatic rings. The molecule has 2 unspecified atom stereocenters. The van der Waals surface area contributed by atoms with Crippen LogP contribution in [0.15, 0.2) is 0 Å². The highest BCUT2D eigenvalue weighted by Gasteiger charge is 2.35. The molecule has 0 aromatic carbocycles. The van der Waals surface area contributed by atoms with Crippen molar-refractivity contribution in [2.45, 2.75) is 46.6 Å². The van der Waals surface area contributed by atoms with Crippen LogP contribution >= 0.6 is 0 Å². The summed E-state index contributed by atoms with van der Waals surface area (Å²) in [6.45, 7) is 9.48. The molecular formula is C13H24N2O2. The summed E-state index contributed by atoms with van der Waals surface area (Å²) in [6.07, 6.45) is 1.31. The third kappa shape index (κ3) is 3.72. The molecule has 4 heteroatoms. The van der Waals surface area contributed by atoms with E-state index in [0.717, 1.165) is 6.42 Å². The van der Waals surface area contributed by atoms with Gasteiger partial charge in [-0.2, -0.15) is 0 Å². The number of nitrogens with one attached hydrogen (secondary N) is 1. The first-order valence-electron chi connectivity index (χ1n) is 6.52. The third-order valence-electron chi connectivity index (χ3n) is 3.34. The van der Waals surface area contributed by atoms with Crippen LogP contribution in [-0.2, 0) is 9.59 Å². The molecule has 0 spiro atoms. The van der Waals surface area contributed by atoms with Gasteiger partial charge >= 0.3 is 0 Å². The van der Waals surface area contributed by atoms with Crippen LogP contribution in [0.1, 0.15) is 40.5 Å². The lowest BCUT2D eigenvalue weighted by Gasteiger charge is -2.23. The average molecular weight is 240 g/mol. The lowest BCUT2D eigenvalue weighted by Crippen LogP contribution is -2.37. The van der Waals surface area contributed by atoms with Gasteiger partial charge in [0.15, 0.2) is 0 Å². The summed E-state index contributed by atoms with van der Waals surface area (Å²) in [5.41, 5.74) is 0. The van der Waals surface area contributed by atoms with Crippen LogP contribution in [0.25, 0.3) is 0 Å². The highest BCUT2D eigenvalue weighted by molar-refractivity contribution is 5.89. The Kier molecular flexibility index (Phi) is 4.97. The van der Waals surface area contributed by atoms with Crippen molar-refractivity contribution in [3.05, 3.63) is 0 Å². The molecule has 1 aliphatic rings. The number of amides is 2. The third-order valence-corrected chi connectivity index (χ3v) is 3.34. The van der Waals surface area contributed by atoms with E-state index in [9.17, 15) is 9.59 Å². The molecule has 1 heterocycles. The zero-order chi connectivity index (χ0) is 13.0. The molecule has 0 saturated carbocycles. The zero-order valence-electron chi connectivity index (χ0n) is 11.3. The van der Waals surface area contributed by atoms with E-state index in [1.165, 1.54) is 0 Å². The normalized spacial score (nSPS) is 22.1. The molecule has 4 nitrogen and oxygen atoms in total. The van der Waals surface area contributed by atoms with Gasteiger partial charge in [-0.05, 0) is 19.3 Å². The van der Waals surface area contributed by atoms with E-state index in [2.05, 4.69) is 26.1 Å². The molecule has 0 aromatic heterocycles. The van der Waals surface area contributed by atoms with Crippen LogP contribution < -0.4 is 5.32 Å². The molecule has 1 saturated heterocycles. The Labute approximate surface area is 104 Å². The summed E-state index contributed by atoms with van der Waals surface area (Å²) in [5.74, 6) is 0.430. The first-order valence-corrected chi connectivity index (χ1v) is 6.52. The molecule has 1 fully saturated rings. The summed E-state index contributed by atoms with van der Waals surface area (Å²) >= 11 is 0. The predicted molar refractivity (Wildman–Crippen MR) is 67.4 cm³/mol. The smallest absolute Gasteiger partial charge is 0.225 e. The van der Waals surface area contributed by atoms with Crippen molar-refractivity contribution in [3.63, 3.8) is 0 Å². The summed E-state index contributed by atoms with van der Waals surface area (Å²) < 4.78 is 0. The van der Waals surface area contributed by atoms with E-state index in [4.69, 9.17) is 0 Å². The molecule has 2 atom stereocenters. The standard InChI is InChI=1S/C13H24N2O2/c1-5-10(4)15-8-11(6-12(15)16)13(17)14-7-9(2)3/h9-11H,5-8H2,1-4H3,(H,14,17). The maximum absolute atomic E-state index is 11.9. The second kappa shape index (κ2) is 6.03. The number of carbonyl (C=O) groups excluding carboxylic acids is 2. The van der Waals surface area contributed by atoms with Gasteiger partial charge in [-0.25, -0.2) is 0 Å². The minimum atomic E-state index is -0.157. The highest BCUT2D eigenvalue weighted by Crippen LogP contribution is 2.21. The summed E-state index contributed by atoms with van der Waals surface area (Å²) in [6, 6.07) is 0.241. The Hall–Kier alpha value is -1.06. The maximum atomic E-state index is 11.9. The van der Waals surface area contributed by atoms with Gasteiger partial charge in [0.2, 0.25) is 11.8 Å². The number of hydrogen-bond acceptors (Lipinski definition) is 2. The highest BCUT2D eigenvalue weighted by atomic mass is 16.2. The molecule has 17 heavy (non-hydrogen) atoms. The molecule has 1 N–H and O–H groups in total. The fourth-order valence-corrected chi connectivity index (χ4v) is 2.00. The molecule has 1 aliphatic heterocycles. The van der Waals surface area contributed by atoms with Crippen LogP contribution in [0.5, 0.6) is 0 Å². The lowest BCUT2D eigenvalue weighted by atomic mass is 10.1. The van der Waals surface area contributed by atoms with Crippen LogP contribution in [0.2, 0.25) is 0 Å². The molecule has 2 amide bonds. The number of likely N-dealkylation sites (tertiary alicyclic amines) is 1. The molecular weight excluding hydrogens is 216 g/mol. The second-order valence-electron chi connectivity index (χ2n) is 5.34. The predicted octanol–water partition coefficient (Wildman–Crippen LogP) is 1.41. The van der Waals surface area contributed by atoms with Gasteiger partial charge in [0.25, 0.3) is 0 Å². The second-order valence-corrected chi connectivity index (χ2v) is 5.34. The molecule has 98 valence electrons. The van der Waals surface area contributed by atoms with Gasteiger partial charge in [0.1, 0.15) is 0 Å². The number of hydrogen-bond donors (Lipinski definition) is 1. The van der Waals surface area contributed by atoms with E-state index in [0.29, 0.717) is 25.4 Å². The summed E-state index contributed by atoms with van der Waals surface area (Å²) in [4.78, 5) is 25.5. The van der Waals surface area contributed by atoms with Crippen molar-refractivity contribution in [1.82, 2.24) is 10.2 Å². The van der Waals surface area contributed by atoms with Gasteiger partial charge in [-0.3, -0.25) is 9.59 Å². The van der Waals surface area contributed by atoms with Crippen molar-refractivity contribution in [3.8, 4) is 0 Å². The van der Waals surface area contributed by atoms with Gasteiger partial charge in [0, 0.05) is 25.6 Å². The molecule has 1 rings (SSSR count). The fraction of sp³-hybridized carbons (Fsp3) is 0.846. The van der Waals surface area contributed by atoms with Crippen molar-refractivity contribution in [2.24, 2.45) is 11.8 Å². The zero-order valence-corrected chi connectivity index (χ0v) is 11.3. The largest absolute Gasteiger partial charge is 0.356 e. The Balaban J connectivity index is 2.48. The molecule has 0 radical (unpaired) electrons. The minimum Gasteiger partial charge on any atom is -0.356 e. The first kappa shape index (κ1) is 14.0. The quantitative estimate of drug-likeness (QED) is 0.790. The first-order chi connectivity index (χ1) is 7.95. The van der Waals surface area contributed by atoms with Gasteiger partial charge in [0.05, 0.1) is 5.92 Å². The van der Waals surface area contributed by atoms with Crippen LogP contribution in [0.3, 0.4) is 0 Å². The lowest BCUT2D eigenvalue weighted by molar-refractivity contribution is -0.130. The van der Waals surface area contributed by atoms with Gasteiger partial charge in [-0.15, -0.1) is 0 Å². The Morgan fingerprint density at radius 2 is 2.12 bits per heavy atom. The van der Waals surface area contributed by atoms with Crippen molar-refractivity contribution >= 4 is 11.8 Å². The monoisotopic (exact) mass is 240 g/mol. The maximum Gasteiger partial charge on any atom is 0.225 e. The molecule has 0 aliphatic carbocycles. The molecule has 0 bridgehead atoms. The minimum absolute atomic E-state index is 0.0258.